The number of hydrogen-bond acceptors (Lipinski definition) is 3. The first-order chi connectivity index (χ1) is 6.79. The fourth-order valence-corrected chi connectivity index (χ4v) is 1.60. The van der Waals surface area contributed by atoms with Crippen LogP contribution >= 0.6 is 0 Å². The van der Waals surface area contributed by atoms with E-state index in [1.165, 1.54) is 0 Å². The van der Waals surface area contributed by atoms with Crippen LogP contribution in [-0.4, -0.2) is 19.7 Å². The summed E-state index contributed by atoms with van der Waals surface area (Å²) in [5, 5.41) is 0. The number of carbonyl (C=O) groups is 1. The van der Waals surface area contributed by atoms with Gasteiger partial charge in [0.1, 0.15) is 5.75 Å². The van der Waals surface area contributed by atoms with Crippen LogP contribution in [0.4, 0.5) is 0 Å². The molecule has 0 amide bonds. The third kappa shape index (κ3) is 1.71. The Hall–Kier alpha value is -1.51. The number of methoxy groups -OCH3 is 1. The highest BCUT2D eigenvalue weighted by molar-refractivity contribution is 5.72. The molecule has 0 spiro atoms. The van der Waals surface area contributed by atoms with E-state index in [-0.39, 0.29) is 11.9 Å². The van der Waals surface area contributed by atoms with Gasteiger partial charge in [0.05, 0.1) is 20.1 Å². The standard InChI is InChI=1S/C11H12O3/c1-13-10-4-2-8(3-5-10)9-6-11(12)14-7-9/h2-5,9H,6-7H2,1H3. The number of hydrogen-bond donors (Lipinski definition) is 0. The van der Waals surface area contributed by atoms with E-state index < -0.39 is 0 Å². The SMILES string of the molecule is COc1ccc(C2COC(=O)C2)cc1. The molecule has 0 bridgehead atoms. The van der Waals surface area contributed by atoms with Gasteiger partial charge in [0.15, 0.2) is 0 Å². The Morgan fingerprint density at radius 3 is 2.57 bits per heavy atom. The molecule has 1 aromatic carbocycles. The number of esters is 1. The summed E-state index contributed by atoms with van der Waals surface area (Å²) < 4.78 is 9.96. The Labute approximate surface area is 82.6 Å². The molecule has 1 aliphatic heterocycles. The maximum Gasteiger partial charge on any atom is 0.306 e. The van der Waals surface area contributed by atoms with Crippen LogP contribution in [0.5, 0.6) is 5.75 Å². The Morgan fingerprint density at radius 2 is 2.07 bits per heavy atom. The third-order valence-corrected chi connectivity index (χ3v) is 2.45. The Kier molecular flexibility index (Phi) is 2.39. The normalized spacial score (nSPS) is 20.6. The first-order valence-corrected chi connectivity index (χ1v) is 4.59. The molecular formula is C11H12O3. The number of carbonyl (C=O) groups excluding carboxylic acids is 1. The van der Waals surface area contributed by atoms with Crippen molar-refractivity contribution in [1.29, 1.82) is 0 Å². The van der Waals surface area contributed by atoms with Gasteiger partial charge in [0.2, 0.25) is 0 Å². The zero-order chi connectivity index (χ0) is 9.97. The van der Waals surface area contributed by atoms with Crippen molar-refractivity contribution in [2.45, 2.75) is 12.3 Å². The fourth-order valence-electron chi connectivity index (χ4n) is 1.60. The smallest absolute Gasteiger partial charge is 0.306 e. The number of cyclic esters (lactones) is 1. The van der Waals surface area contributed by atoms with Crippen LogP contribution in [0, 0.1) is 0 Å². The van der Waals surface area contributed by atoms with Gasteiger partial charge in [0.25, 0.3) is 0 Å². The van der Waals surface area contributed by atoms with Crippen LogP contribution in [0.1, 0.15) is 17.9 Å². The molecule has 1 aliphatic rings. The van der Waals surface area contributed by atoms with E-state index in [1.54, 1.807) is 7.11 Å². The van der Waals surface area contributed by atoms with Gasteiger partial charge < -0.3 is 9.47 Å². The highest BCUT2D eigenvalue weighted by atomic mass is 16.5. The molecule has 1 heterocycles. The van der Waals surface area contributed by atoms with Gasteiger partial charge in [-0.05, 0) is 17.7 Å². The lowest BCUT2D eigenvalue weighted by atomic mass is 9.98. The second-order valence-corrected chi connectivity index (χ2v) is 3.36. The molecule has 1 saturated heterocycles. The zero-order valence-electron chi connectivity index (χ0n) is 8.03. The molecule has 1 unspecified atom stereocenters. The summed E-state index contributed by atoms with van der Waals surface area (Å²) in [6.45, 7) is 0.505. The highest BCUT2D eigenvalue weighted by Crippen LogP contribution is 2.27. The van der Waals surface area contributed by atoms with Gasteiger partial charge in [-0.25, -0.2) is 0 Å². The molecule has 14 heavy (non-hydrogen) atoms. The number of ether oxygens (including phenoxy) is 2. The van der Waals surface area contributed by atoms with Crippen LogP contribution in [0.25, 0.3) is 0 Å². The van der Waals surface area contributed by atoms with Gasteiger partial charge in [-0.2, -0.15) is 0 Å². The van der Waals surface area contributed by atoms with Crippen molar-refractivity contribution in [3.8, 4) is 5.75 Å². The average molecular weight is 192 g/mol. The monoisotopic (exact) mass is 192 g/mol. The fraction of sp³-hybridized carbons (Fsp3) is 0.364. The molecule has 0 radical (unpaired) electrons. The van der Waals surface area contributed by atoms with E-state index in [1.807, 2.05) is 24.3 Å². The van der Waals surface area contributed by atoms with Crippen LogP contribution in [-0.2, 0) is 9.53 Å². The molecule has 0 aliphatic carbocycles. The maximum absolute atomic E-state index is 10.9. The van der Waals surface area contributed by atoms with E-state index in [0.717, 1.165) is 11.3 Å². The Bertz CT molecular complexity index is 329. The largest absolute Gasteiger partial charge is 0.497 e. The van der Waals surface area contributed by atoms with Crippen LogP contribution in [0.15, 0.2) is 24.3 Å². The molecule has 1 atom stereocenters. The summed E-state index contributed by atoms with van der Waals surface area (Å²) in [5.41, 5.74) is 1.14. The maximum atomic E-state index is 10.9. The minimum atomic E-state index is -0.106. The molecule has 74 valence electrons. The predicted molar refractivity (Wildman–Crippen MR) is 51.3 cm³/mol. The summed E-state index contributed by atoms with van der Waals surface area (Å²) in [5.74, 6) is 0.943. The van der Waals surface area contributed by atoms with E-state index in [4.69, 9.17) is 9.47 Å². The van der Waals surface area contributed by atoms with Crippen LogP contribution in [0.3, 0.4) is 0 Å². The van der Waals surface area contributed by atoms with Crippen molar-refractivity contribution in [2.75, 3.05) is 13.7 Å². The average Bonchev–Trinajstić information content (AvgIpc) is 2.65. The van der Waals surface area contributed by atoms with Crippen molar-refractivity contribution >= 4 is 5.97 Å². The topological polar surface area (TPSA) is 35.5 Å². The van der Waals surface area contributed by atoms with Gasteiger partial charge in [-0.3, -0.25) is 4.79 Å². The Morgan fingerprint density at radius 1 is 1.36 bits per heavy atom. The van der Waals surface area contributed by atoms with Crippen molar-refractivity contribution < 1.29 is 14.3 Å². The lowest BCUT2D eigenvalue weighted by molar-refractivity contribution is -0.137. The van der Waals surface area contributed by atoms with Crippen molar-refractivity contribution in [3.63, 3.8) is 0 Å². The molecule has 0 N–H and O–H groups in total. The summed E-state index contributed by atoms with van der Waals surface area (Å²) in [7, 11) is 1.64. The lowest BCUT2D eigenvalue weighted by Gasteiger charge is -2.06. The van der Waals surface area contributed by atoms with E-state index in [0.29, 0.717) is 13.0 Å². The zero-order valence-corrected chi connectivity index (χ0v) is 8.03. The van der Waals surface area contributed by atoms with Gasteiger partial charge in [-0.15, -0.1) is 0 Å². The molecule has 2 rings (SSSR count). The number of benzene rings is 1. The minimum Gasteiger partial charge on any atom is -0.497 e. The highest BCUT2D eigenvalue weighted by Gasteiger charge is 2.24. The van der Waals surface area contributed by atoms with E-state index in [2.05, 4.69) is 0 Å². The second kappa shape index (κ2) is 3.70. The van der Waals surface area contributed by atoms with Gasteiger partial charge >= 0.3 is 5.97 Å². The predicted octanol–water partition coefficient (Wildman–Crippen LogP) is 1.73. The van der Waals surface area contributed by atoms with Gasteiger partial charge in [-0.1, -0.05) is 12.1 Å². The molecule has 1 aromatic rings. The quantitative estimate of drug-likeness (QED) is 0.669. The number of rotatable bonds is 2. The first-order valence-electron chi connectivity index (χ1n) is 4.59. The van der Waals surface area contributed by atoms with E-state index in [9.17, 15) is 4.79 Å². The first kappa shape index (κ1) is 9.06. The third-order valence-electron chi connectivity index (χ3n) is 2.45. The summed E-state index contributed by atoms with van der Waals surface area (Å²) in [6.07, 6.45) is 0.492. The molecule has 1 fully saturated rings. The molecule has 3 heteroatoms. The van der Waals surface area contributed by atoms with Crippen molar-refractivity contribution in [3.05, 3.63) is 29.8 Å². The van der Waals surface area contributed by atoms with Crippen LogP contribution < -0.4 is 4.74 Å². The molecular weight excluding hydrogens is 180 g/mol. The molecule has 3 nitrogen and oxygen atoms in total. The van der Waals surface area contributed by atoms with Crippen molar-refractivity contribution in [2.24, 2.45) is 0 Å². The summed E-state index contributed by atoms with van der Waals surface area (Å²) in [6, 6.07) is 7.76. The van der Waals surface area contributed by atoms with Crippen LogP contribution in [0.2, 0.25) is 0 Å². The minimum absolute atomic E-state index is 0.106. The van der Waals surface area contributed by atoms with E-state index >= 15 is 0 Å². The molecule has 0 aromatic heterocycles. The Balaban J connectivity index is 2.13. The van der Waals surface area contributed by atoms with Crippen molar-refractivity contribution in [1.82, 2.24) is 0 Å². The van der Waals surface area contributed by atoms with Gasteiger partial charge in [0, 0.05) is 5.92 Å². The summed E-state index contributed by atoms with van der Waals surface area (Å²) >= 11 is 0. The molecule has 0 saturated carbocycles. The second-order valence-electron chi connectivity index (χ2n) is 3.36. The lowest BCUT2D eigenvalue weighted by Crippen LogP contribution is -1.97. The summed E-state index contributed by atoms with van der Waals surface area (Å²) in [4.78, 5) is 10.9.